The quantitative estimate of drug-likeness (QED) is 0.577. The van der Waals surface area contributed by atoms with E-state index in [0.717, 1.165) is 48.6 Å². The van der Waals surface area contributed by atoms with E-state index < -0.39 is 21.6 Å². The second-order valence-corrected chi connectivity index (χ2v) is 13.0. The SMILES string of the molecule is Cc1cc(N(C)C(N)=O)cc(Cl)c1CCS(=O)(=O)N1CCC2(CC1)N=C(C1CCC(C)CC1)NC2=O. The maximum absolute atomic E-state index is 13.2. The van der Waals surface area contributed by atoms with Crippen LogP contribution in [0.25, 0.3) is 0 Å². The van der Waals surface area contributed by atoms with Crippen molar-refractivity contribution in [3.63, 3.8) is 0 Å². The number of primary amides is 1. The number of rotatable bonds is 6. The van der Waals surface area contributed by atoms with Gasteiger partial charge in [-0.2, -0.15) is 0 Å². The van der Waals surface area contributed by atoms with Crippen LogP contribution in [0.3, 0.4) is 0 Å². The number of amidine groups is 1. The van der Waals surface area contributed by atoms with E-state index in [1.54, 1.807) is 19.2 Å². The fraction of sp³-hybridized carbons (Fsp3) is 0.640. The van der Waals surface area contributed by atoms with Crippen molar-refractivity contribution in [3.05, 3.63) is 28.3 Å². The Hall–Kier alpha value is -2.17. The number of nitrogens with zero attached hydrogens (tertiary/aromatic N) is 3. The van der Waals surface area contributed by atoms with Crippen LogP contribution in [0, 0.1) is 18.8 Å². The molecule has 1 aromatic carbocycles. The first kappa shape index (κ1) is 26.9. The van der Waals surface area contributed by atoms with E-state index in [1.807, 2.05) is 6.92 Å². The standard InChI is InChI=1S/C25H36ClN5O4S/c1-16-4-6-18(7-5-16)22-28-23(32)25(29-22)9-11-31(12-10-25)36(34,35)13-8-20-17(2)14-19(15-21(20)26)30(3)24(27)33/h14-16,18H,4-13H2,1-3H3,(H2,27,33)(H,28,29,32). The molecule has 0 unspecified atom stereocenters. The maximum Gasteiger partial charge on any atom is 0.318 e. The Morgan fingerprint density at radius 3 is 2.47 bits per heavy atom. The number of amides is 3. The Balaban J connectivity index is 1.39. The van der Waals surface area contributed by atoms with Crippen molar-refractivity contribution in [1.29, 1.82) is 0 Å². The van der Waals surface area contributed by atoms with Crippen LogP contribution < -0.4 is 16.0 Å². The van der Waals surface area contributed by atoms with E-state index in [9.17, 15) is 18.0 Å². The van der Waals surface area contributed by atoms with Crippen molar-refractivity contribution in [2.24, 2.45) is 22.6 Å². The molecule has 3 N–H and O–H groups in total. The highest BCUT2D eigenvalue weighted by atomic mass is 35.5. The predicted octanol–water partition coefficient (Wildman–Crippen LogP) is 3.22. The summed E-state index contributed by atoms with van der Waals surface area (Å²) in [6.07, 6.45) is 5.39. The minimum absolute atomic E-state index is 0.0865. The Bertz CT molecular complexity index is 1150. The molecule has 2 heterocycles. The van der Waals surface area contributed by atoms with Gasteiger partial charge in [0.05, 0.1) is 5.75 Å². The normalized spacial score (nSPS) is 24.4. The van der Waals surface area contributed by atoms with Gasteiger partial charge < -0.3 is 11.1 Å². The number of aryl methyl sites for hydroxylation is 1. The lowest BCUT2D eigenvalue weighted by atomic mass is 9.82. The zero-order valence-electron chi connectivity index (χ0n) is 21.2. The van der Waals surface area contributed by atoms with Crippen LogP contribution >= 0.6 is 11.6 Å². The van der Waals surface area contributed by atoms with Crippen LogP contribution in [-0.4, -0.2) is 61.9 Å². The van der Waals surface area contributed by atoms with Crippen molar-refractivity contribution in [1.82, 2.24) is 9.62 Å². The van der Waals surface area contributed by atoms with Gasteiger partial charge in [-0.25, -0.2) is 17.5 Å². The van der Waals surface area contributed by atoms with E-state index in [0.29, 0.717) is 29.5 Å². The highest BCUT2D eigenvalue weighted by Gasteiger charge is 2.48. The Morgan fingerprint density at radius 2 is 1.89 bits per heavy atom. The summed E-state index contributed by atoms with van der Waals surface area (Å²) in [5.74, 6) is 1.64. The lowest BCUT2D eigenvalue weighted by Crippen LogP contribution is -2.51. The average molecular weight is 538 g/mol. The number of nitrogens with one attached hydrogen (secondary N) is 1. The molecular formula is C25H36ClN5O4S. The van der Waals surface area contributed by atoms with Crippen LogP contribution in [0.5, 0.6) is 0 Å². The molecule has 198 valence electrons. The van der Waals surface area contributed by atoms with Crippen molar-refractivity contribution < 1.29 is 18.0 Å². The molecule has 2 aliphatic heterocycles. The van der Waals surface area contributed by atoms with Crippen molar-refractivity contribution >= 4 is 45.1 Å². The first-order valence-electron chi connectivity index (χ1n) is 12.6. The molecule has 0 aromatic heterocycles. The molecular weight excluding hydrogens is 502 g/mol. The second-order valence-electron chi connectivity index (χ2n) is 10.5. The molecule has 1 aromatic rings. The smallest absolute Gasteiger partial charge is 0.318 e. The fourth-order valence-electron chi connectivity index (χ4n) is 5.50. The number of piperidine rings is 1. The fourth-order valence-corrected chi connectivity index (χ4v) is 7.31. The molecule has 0 radical (unpaired) electrons. The van der Waals surface area contributed by atoms with Gasteiger partial charge in [-0.05, 0) is 68.2 Å². The minimum atomic E-state index is -3.55. The summed E-state index contributed by atoms with van der Waals surface area (Å²) in [7, 11) is -2.00. The number of hydrogen-bond donors (Lipinski definition) is 2. The third-order valence-electron chi connectivity index (χ3n) is 8.08. The summed E-state index contributed by atoms with van der Waals surface area (Å²) in [6, 6.07) is 2.78. The van der Waals surface area contributed by atoms with Gasteiger partial charge in [-0.15, -0.1) is 0 Å². The van der Waals surface area contributed by atoms with Gasteiger partial charge in [0.1, 0.15) is 11.4 Å². The average Bonchev–Trinajstić information content (AvgIpc) is 3.13. The molecule has 1 aliphatic carbocycles. The monoisotopic (exact) mass is 537 g/mol. The van der Waals surface area contributed by atoms with Gasteiger partial charge in [0, 0.05) is 36.8 Å². The van der Waals surface area contributed by atoms with Crippen LogP contribution in [0.4, 0.5) is 10.5 Å². The van der Waals surface area contributed by atoms with Crippen LogP contribution in [0.15, 0.2) is 17.1 Å². The Labute approximate surface area is 218 Å². The first-order chi connectivity index (χ1) is 16.9. The molecule has 3 aliphatic rings. The van der Waals surface area contributed by atoms with Gasteiger partial charge in [0.15, 0.2) is 0 Å². The lowest BCUT2D eigenvalue weighted by Gasteiger charge is -2.34. The summed E-state index contributed by atoms with van der Waals surface area (Å²) in [5, 5.41) is 3.42. The van der Waals surface area contributed by atoms with Crippen LogP contribution in [0.2, 0.25) is 5.02 Å². The highest BCUT2D eigenvalue weighted by molar-refractivity contribution is 7.89. The molecule has 1 saturated heterocycles. The minimum Gasteiger partial charge on any atom is -0.351 e. The number of carbonyl (C=O) groups is 2. The Morgan fingerprint density at radius 1 is 1.25 bits per heavy atom. The molecule has 0 atom stereocenters. The van der Waals surface area contributed by atoms with Crippen molar-refractivity contribution in [2.75, 3.05) is 30.8 Å². The van der Waals surface area contributed by atoms with Crippen molar-refractivity contribution in [2.45, 2.75) is 64.3 Å². The number of halogens is 1. The zero-order chi connectivity index (χ0) is 26.3. The third kappa shape index (κ3) is 5.40. The number of urea groups is 1. The summed E-state index contributed by atoms with van der Waals surface area (Å²) in [6.45, 7) is 4.63. The lowest BCUT2D eigenvalue weighted by molar-refractivity contribution is -0.125. The molecule has 0 bridgehead atoms. The number of aliphatic imine (C=N–C) groups is 1. The second kappa shape index (κ2) is 10.3. The van der Waals surface area contributed by atoms with Gasteiger partial charge >= 0.3 is 6.03 Å². The molecule has 4 rings (SSSR count). The number of hydrogen-bond acceptors (Lipinski definition) is 5. The summed E-state index contributed by atoms with van der Waals surface area (Å²) < 4.78 is 27.8. The Kier molecular flexibility index (Phi) is 7.69. The number of nitrogens with two attached hydrogens (primary N) is 1. The van der Waals surface area contributed by atoms with E-state index in [2.05, 4.69) is 12.2 Å². The number of sulfonamides is 1. The summed E-state index contributed by atoms with van der Waals surface area (Å²) >= 11 is 6.44. The predicted molar refractivity (Wildman–Crippen MR) is 142 cm³/mol. The van der Waals surface area contributed by atoms with Crippen molar-refractivity contribution in [3.8, 4) is 0 Å². The van der Waals surface area contributed by atoms with E-state index in [-0.39, 0.29) is 31.2 Å². The van der Waals surface area contributed by atoms with E-state index in [4.69, 9.17) is 22.3 Å². The van der Waals surface area contributed by atoms with Crippen LogP contribution in [0.1, 0.15) is 56.6 Å². The topological polar surface area (TPSA) is 125 Å². The molecule has 2 fully saturated rings. The number of carbonyl (C=O) groups excluding carboxylic acids is 2. The molecule has 3 amide bonds. The number of anilines is 1. The van der Waals surface area contributed by atoms with E-state index >= 15 is 0 Å². The first-order valence-corrected chi connectivity index (χ1v) is 14.6. The van der Waals surface area contributed by atoms with Gasteiger partial charge in [0.25, 0.3) is 5.91 Å². The van der Waals surface area contributed by atoms with Crippen LogP contribution in [-0.2, 0) is 21.2 Å². The van der Waals surface area contributed by atoms with Gasteiger partial charge in [-0.3, -0.25) is 14.7 Å². The largest absolute Gasteiger partial charge is 0.351 e. The zero-order valence-corrected chi connectivity index (χ0v) is 22.8. The highest BCUT2D eigenvalue weighted by Crippen LogP contribution is 2.36. The molecule has 9 nitrogen and oxygen atoms in total. The molecule has 1 saturated carbocycles. The summed E-state index contributed by atoms with van der Waals surface area (Å²) in [4.78, 5) is 30.5. The number of benzene rings is 1. The van der Waals surface area contributed by atoms with E-state index in [1.165, 1.54) is 9.21 Å². The molecule has 36 heavy (non-hydrogen) atoms. The molecule has 11 heteroatoms. The summed E-state index contributed by atoms with van der Waals surface area (Å²) in [5.41, 5.74) is 6.56. The maximum atomic E-state index is 13.2. The van der Waals surface area contributed by atoms with Gasteiger partial charge in [-0.1, -0.05) is 31.4 Å². The van der Waals surface area contributed by atoms with Gasteiger partial charge in [0.2, 0.25) is 10.0 Å². The third-order valence-corrected chi connectivity index (χ3v) is 10.3. The molecule has 1 spiro atoms.